The predicted molar refractivity (Wildman–Crippen MR) is 257 cm³/mol. The molecule has 60 heavy (non-hydrogen) atoms. The zero-order valence-corrected chi connectivity index (χ0v) is 33.6. The van der Waals surface area contributed by atoms with Crippen molar-refractivity contribution in [3.05, 3.63) is 261 Å². The molecule has 0 heterocycles. The van der Waals surface area contributed by atoms with Crippen molar-refractivity contribution in [2.75, 3.05) is 9.80 Å². The van der Waals surface area contributed by atoms with Gasteiger partial charge in [-0.25, -0.2) is 0 Å². The van der Waals surface area contributed by atoms with E-state index in [1.165, 1.54) is 44.5 Å². The van der Waals surface area contributed by atoms with Gasteiger partial charge in [-0.3, -0.25) is 0 Å². The van der Waals surface area contributed by atoms with Gasteiger partial charge in [0.15, 0.2) is 0 Å². The van der Waals surface area contributed by atoms with Gasteiger partial charge in [0.1, 0.15) is 0 Å². The summed E-state index contributed by atoms with van der Waals surface area (Å²) in [7, 11) is 0. The molecule has 1 aliphatic rings. The Bertz CT molecular complexity index is 2750. The van der Waals surface area contributed by atoms with Crippen molar-refractivity contribution in [3.63, 3.8) is 0 Å². The standard InChI is InChI=1S/C58H46N2/c1-3-43(2)44-23-33-54(34-24-44)60(57-35-25-49(26-36-57)46-15-9-5-10-16-46)58-41-31-52(32-42-58)51-29-39-56(40-30-51)59(53-17-11-6-12-18-53)55-37-27-50(28-38-55)48-21-19-47(20-22-48)45-13-7-4-8-14-45/h3-35,37-42,57H,1-2,36H2. The minimum absolute atomic E-state index is 0.161. The predicted octanol–water partition coefficient (Wildman–Crippen LogP) is 15.9. The highest BCUT2D eigenvalue weighted by Crippen LogP contribution is 2.39. The van der Waals surface area contributed by atoms with Crippen LogP contribution in [0.1, 0.15) is 17.5 Å². The Morgan fingerprint density at radius 2 is 0.783 bits per heavy atom. The molecular weight excluding hydrogens is 725 g/mol. The summed E-state index contributed by atoms with van der Waals surface area (Å²) in [5.74, 6) is 0. The van der Waals surface area contributed by atoms with Gasteiger partial charge >= 0.3 is 0 Å². The Labute approximate surface area is 354 Å². The van der Waals surface area contributed by atoms with Crippen molar-refractivity contribution in [3.8, 4) is 33.4 Å². The highest BCUT2D eigenvalue weighted by molar-refractivity contribution is 5.82. The molecule has 8 aromatic rings. The maximum absolute atomic E-state index is 4.16. The minimum Gasteiger partial charge on any atom is -0.334 e. The fourth-order valence-electron chi connectivity index (χ4n) is 8.06. The molecule has 0 radical (unpaired) electrons. The zero-order chi connectivity index (χ0) is 40.7. The Hall–Kier alpha value is -7.68. The molecule has 9 rings (SSSR count). The lowest BCUT2D eigenvalue weighted by atomic mass is 9.95. The van der Waals surface area contributed by atoms with Gasteiger partial charge in [-0.05, 0) is 123 Å². The van der Waals surface area contributed by atoms with Gasteiger partial charge in [0.25, 0.3) is 0 Å². The van der Waals surface area contributed by atoms with Crippen molar-refractivity contribution in [1.82, 2.24) is 0 Å². The molecule has 2 nitrogen and oxygen atoms in total. The summed E-state index contributed by atoms with van der Waals surface area (Å²) in [5.41, 5.74) is 17.3. The van der Waals surface area contributed by atoms with Crippen LogP contribution < -0.4 is 9.80 Å². The van der Waals surface area contributed by atoms with Crippen LogP contribution in [0, 0.1) is 0 Å². The number of rotatable bonds is 12. The van der Waals surface area contributed by atoms with Crippen molar-refractivity contribution in [2.45, 2.75) is 12.5 Å². The lowest BCUT2D eigenvalue weighted by Gasteiger charge is -2.33. The molecule has 1 aliphatic carbocycles. The largest absolute Gasteiger partial charge is 0.334 e. The van der Waals surface area contributed by atoms with Crippen molar-refractivity contribution in [2.24, 2.45) is 0 Å². The van der Waals surface area contributed by atoms with Crippen molar-refractivity contribution >= 4 is 39.6 Å². The minimum atomic E-state index is 0.161. The fourth-order valence-corrected chi connectivity index (χ4v) is 8.06. The molecular formula is C58H46N2. The number of allylic oxidation sites excluding steroid dienone is 4. The number of anilines is 5. The van der Waals surface area contributed by atoms with Crippen LogP contribution in [0.2, 0.25) is 0 Å². The van der Waals surface area contributed by atoms with Crippen molar-refractivity contribution in [1.29, 1.82) is 0 Å². The maximum atomic E-state index is 4.16. The topological polar surface area (TPSA) is 6.48 Å². The number of nitrogens with zero attached hydrogens (tertiary/aromatic N) is 2. The fraction of sp³-hybridized carbons (Fsp3) is 0.0345. The van der Waals surface area contributed by atoms with Crippen LogP contribution in [0.4, 0.5) is 28.4 Å². The second kappa shape index (κ2) is 17.4. The van der Waals surface area contributed by atoms with Crippen molar-refractivity contribution < 1.29 is 0 Å². The normalized spacial score (nSPS) is 13.3. The third kappa shape index (κ3) is 8.18. The second-order valence-corrected chi connectivity index (χ2v) is 15.1. The van der Waals surface area contributed by atoms with E-state index in [4.69, 9.17) is 0 Å². The molecule has 2 heteroatoms. The zero-order valence-electron chi connectivity index (χ0n) is 33.6. The molecule has 0 amide bonds. The molecule has 0 N–H and O–H groups in total. The van der Waals surface area contributed by atoms with Gasteiger partial charge in [-0.1, -0.05) is 189 Å². The monoisotopic (exact) mass is 770 g/mol. The first kappa shape index (κ1) is 37.9. The van der Waals surface area contributed by atoms with Gasteiger partial charge in [-0.2, -0.15) is 0 Å². The highest BCUT2D eigenvalue weighted by Gasteiger charge is 2.21. The number of hydrogen-bond donors (Lipinski definition) is 0. The molecule has 0 aliphatic heterocycles. The molecule has 0 spiro atoms. The first-order valence-corrected chi connectivity index (χ1v) is 20.6. The van der Waals surface area contributed by atoms with E-state index in [2.05, 4.69) is 254 Å². The van der Waals surface area contributed by atoms with E-state index in [9.17, 15) is 0 Å². The summed E-state index contributed by atoms with van der Waals surface area (Å²) in [6.07, 6.45) is 9.66. The van der Waals surface area contributed by atoms with E-state index in [-0.39, 0.29) is 6.04 Å². The van der Waals surface area contributed by atoms with Gasteiger partial charge < -0.3 is 9.80 Å². The molecule has 8 aromatic carbocycles. The Morgan fingerprint density at radius 1 is 0.417 bits per heavy atom. The summed E-state index contributed by atoms with van der Waals surface area (Å²) >= 11 is 0. The van der Waals surface area contributed by atoms with E-state index < -0.39 is 0 Å². The van der Waals surface area contributed by atoms with Crippen LogP contribution in [0.3, 0.4) is 0 Å². The summed E-state index contributed by atoms with van der Waals surface area (Å²) < 4.78 is 0. The smallest absolute Gasteiger partial charge is 0.0560 e. The number of hydrogen-bond acceptors (Lipinski definition) is 2. The van der Waals surface area contributed by atoms with Gasteiger partial charge in [-0.15, -0.1) is 0 Å². The highest BCUT2D eigenvalue weighted by atomic mass is 15.2. The lowest BCUT2D eigenvalue weighted by molar-refractivity contribution is 0.787. The van der Waals surface area contributed by atoms with Crippen LogP contribution in [-0.2, 0) is 0 Å². The summed E-state index contributed by atoms with van der Waals surface area (Å²) in [6.45, 7) is 8.07. The van der Waals surface area contributed by atoms with Gasteiger partial charge in [0.05, 0.1) is 6.04 Å². The van der Waals surface area contributed by atoms with Crippen LogP contribution >= 0.6 is 0 Å². The third-order valence-electron chi connectivity index (χ3n) is 11.3. The number of benzene rings is 8. The second-order valence-electron chi connectivity index (χ2n) is 15.1. The Kier molecular flexibility index (Phi) is 11.0. The average molecular weight is 771 g/mol. The molecule has 0 saturated carbocycles. The Balaban J connectivity index is 0.968. The van der Waals surface area contributed by atoms with E-state index in [1.54, 1.807) is 6.08 Å². The first-order chi connectivity index (χ1) is 29.6. The molecule has 0 aromatic heterocycles. The SMILES string of the molecule is C=CC(=C)c1ccc(N(c2ccc(-c3ccc(N(c4ccccc4)c4ccc(-c5ccc(-c6ccccc6)cc5)cc4)cc3)cc2)C2C=CC(c3ccccc3)=CC2)cc1. The van der Waals surface area contributed by atoms with Crippen LogP contribution in [-0.4, -0.2) is 6.04 Å². The third-order valence-corrected chi connectivity index (χ3v) is 11.3. The molecule has 0 fully saturated rings. The van der Waals surface area contributed by atoms with E-state index in [0.29, 0.717) is 0 Å². The van der Waals surface area contributed by atoms with E-state index >= 15 is 0 Å². The first-order valence-electron chi connectivity index (χ1n) is 20.6. The summed E-state index contributed by atoms with van der Waals surface area (Å²) in [6, 6.07) is 76.1. The quantitative estimate of drug-likeness (QED) is 0.114. The molecule has 1 unspecified atom stereocenters. The van der Waals surface area contributed by atoms with Crippen LogP contribution in [0.15, 0.2) is 250 Å². The van der Waals surface area contributed by atoms with Gasteiger partial charge in [0.2, 0.25) is 0 Å². The number of para-hydroxylation sites is 1. The molecule has 0 saturated heterocycles. The molecule has 288 valence electrons. The maximum Gasteiger partial charge on any atom is 0.0560 e. The summed E-state index contributed by atoms with van der Waals surface area (Å²) in [4.78, 5) is 4.75. The molecule has 1 atom stereocenters. The van der Waals surface area contributed by atoms with Gasteiger partial charge in [0, 0.05) is 28.4 Å². The Morgan fingerprint density at radius 3 is 1.22 bits per heavy atom. The average Bonchev–Trinajstić information content (AvgIpc) is 3.33. The van der Waals surface area contributed by atoms with E-state index in [1.807, 2.05) is 0 Å². The lowest BCUT2D eigenvalue weighted by Crippen LogP contribution is -2.30. The summed E-state index contributed by atoms with van der Waals surface area (Å²) in [5, 5.41) is 0. The molecule has 0 bridgehead atoms. The van der Waals surface area contributed by atoms with Crippen LogP contribution in [0.25, 0.3) is 44.5 Å². The van der Waals surface area contributed by atoms with Crippen LogP contribution in [0.5, 0.6) is 0 Å². The van der Waals surface area contributed by atoms with E-state index in [0.717, 1.165) is 46.0 Å².